The number of H-pyrrole nitrogens is 1. The molecule has 1 amide bonds. The minimum Gasteiger partial charge on any atom is -0.369 e. The maximum atomic E-state index is 11.5. The Morgan fingerprint density at radius 1 is 1.47 bits per heavy atom. The molecule has 0 aliphatic carbocycles. The van der Waals surface area contributed by atoms with Crippen LogP contribution in [0.15, 0.2) is 6.20 Å². The fourth-order valence-corrected chi connectivity index (χ4v) is 1.68. The van der Waals surface area contributed by atoms with Crippen molar-refractivity contribution in [3.8, 4) is 0 Å². The van der Waals surface area contributed by atoms with Gasteiger partial charge in [0.2, 0.25) is 11.9 Å². The molecular formula is C11H17N7O. The molecule has 0 saturated carbocycles. The van der Waals surface area contributed by atoms with Crippen molar-refractivity contribution in [1.29, 1.82) is 0 Å². The quantitative estimate of drug-likeness (QED) is 0.614. The lowest BCUT2D eigenvalue weighted by Crippen LogP contribution is -2.31. The molecule has 0 fully saturated rings. The number of aromatic nitrogens is 4. The van der Waals surface area contributed by atoms with Crippen molar-refractivity contribution in [3.05, 3.63) is 6.20 Å². The summed E-state index contributed by atoms with van der Waals surface area (Å²) in [6, 6.07) is 0.141. The van der Waals surface area contributed by atoms with E-state index in [0.717, 1.165) is 5.39 Å². The SMILES string of the molecule is CC(C)NC(=O)CCNc1nc(N)nc2[nH]ncc12. The van der Waals surface area contributed by atoms with E-state index >= 15 is 0 Å². The Kier molecular flexibility index (Phi) is 3.79. The second-order valence-electron chi connectivity index (χ2n) is 4.46. The molecule has 8 nitrogen and oxygen atoms in total. The minimum absolute atomic E-state index is 0.00651. The highest BCUT2D eigenvalue weighted by atomic mass is 16.1. The molecule has 2 aromatic heterocycles. The van der Waals surface area contributed by atoms with Crippen molar-refractivity contribution in [2.24, 2.45) is 0 Å². The number of hydrogen-bond acceptors (Lipinski definition) is 6. The highest BCUT2D eigenvalue weighted by Gasteiger charge is 2.08. The largest absolute Gasteiger partial charge is 0.369 e. The molecular weight excluding hydrogens is 246 g/mol. The Bertz CT molecular complexity index is 577. The first-order valence-corrected chi connectivity index (χ1v) is 6.06. The average molecular weight is 263 g/mol. The first kappa shape index (κ1) is 13.1. The predicted molar refractivity (Wildman–Crippen MR) is 72.5 cm³/mol. The van der Waals surface area contributed by atoms with Crippen molar-refractivity contribution < 1.29 is 4.79 Å². The van der Waals surface area contributed by atoms with Gasteiger partial charge >= 0.3 is 0 Å². The van der Waals surface area contributed by atoms with Gasteiger partial charge in [-0.05, 0) is 13.8 Å². The number of anilines is 2. The van der Waals surface area contributed by atoms with Gasteiger partial charge in [-0.1, -0.05) is 0 Å². The smallest absolute Gasteiger partial charge is 0.224 e. The number of nitrogen functional groups attached to an aromatic ring is 1. The van der Waals surface area contributed by atoms with Crippen LogP contribution in [0.5, 0.6) is 0 Å². The van der Waals surface area contributed by atoms with E-state index in [1.807, 2.05) is 13.8 Å². The van der Waals surface area contributed by atoms with Gasteiger partial charge in [0, 0.05) is 19.0 Å². The molecule has 0 radical (unpaired) electrons. The highest BCUT2D eigenvalue weighted by Crippen LogP contribution is 2.18. The number of nitrogens with one attached hydrogen (secondary N) is 3. The summed E-state index contributed by atoms with van der Waals surface area (Å²) in [6.45, 7) is 4.31. The second kappa shape index (κ2) is 5.51. The minimum atomic E-state index is -0.00651. The van der Waals surface area contributed by atoms with E-state index in [2.05, 4.69) is 30.8 Å². The van der Waals surface area contributed by atoms with Gasteiger partial charge in [0.1, 0.15) is 5.82 Å². The zero-order valence-corrected chi connectivity index (χ0v) is 10.9. The van der Waals surface area contributed by atoms with Gasteiger partial charge in [0.05, 0.1) is 11.6 Å². The summed E-state index contributed by atoms with van der Waals surface area (Å²) in [5.41, 5.74) is 6.16. The zero-order valence-electron chi connectivity index (χ0n) is 10.9. The van der Waals surface area contributed by atoms with Crippen LogP contribution in [0, 0.1) is 0 Å². The first-order valence-electron chi connectivity index (χ1n) is 6.06. The monoisotopic (exact) mass is 263 g/mol. The van der Waals surface area contributed by atoms with E-state index in [1.54, 1.807) is 6.20 Å². The summed E-state index contributed by atoms with van der Waals surface area (Å²) >= 11 is 0. The number of nitrogens with two attached hydrogens (primary N) is 1. The van der Waals surface area contributed by atoms with E-state index in [0.29, 0.717) is 24.4 Å². The lowest BCUT2D eigenvalue weighted by molar-refractivity contribution is -0.121. The molecule has 19 heavy (non-hydrogen) atoms. The summed E-state index contributed by atoms with van der Waals surface area (Å²) in [4.78, 5) is 19.6. The molecule has 2 rings (SSSR count). The van der Waals surface area contributed by atoms with E-state index in [9.17, 15) is 4.79 Å². The summed E-state index contributed by atoms with van der Waals surface area (Å²) < 4.78 is 0. The van der Waals surface area contributed by atoms with Crippen LogP contribution in [0.25, 0.3) is 11.0 Å². The Hall–Kier alpha value is -2.38. The number of carbonyl (C=O) groups is 1. The Labute approximate surface area is 110 Å². The Morgan fingerprint density at radius 3 is 3.00 bits per heavy atom. The fourth-order valence-electron chi connectivity index (χ4n) is 1.68. The van der Waals surface area contributed by atoms with Crippen LogP contribution in [-0.2, 0) is 4.79 Å². The van der Waals surface area contributed by atoms with Gasteiger partial charge in [-0.15, -0.1) is 0 Å². The lowest BCUT2D eigenvalue weighted by atomic mass is 10.3. The molecule has 0 aliphatic rings. The number of carbonyl (C=O) groups excluding carboxylic acids is 1. The third kappa shape index (κ3) is 3.30. The normalized spacial score (nSPS) is 10.9. The number of hydrogen-bond donors (Lipinski definition) is 4. The molecule has 102 valence electrons. The number of rotatable bonds is 5. The van der Waals surface area contributed by atoms with Crippen LogP contribution in [0.2, 0.25) is 0 Å². The molecule has 5 N–H and O–H groups in total. The molecule has 0 saturated heterocycles. The second-order valence-corrected chi connectivity index (χ2v) is 4.46. The van der Waals surface area contributed by atoms with Crippen molar-refractivity contribution in [1.82, 2.24) is 25.5 Å². The highest BCUT2D eigenvalue weighted by molar-refractivity contribution is 5.87. The number of aromatic amines is 1. The van der Waals surface area contributed by atoms with E-state index in [4.69, 9.17) is 5.73 Å². The van der Waals surface area contributed by atoms with Crippen LogP contribution < -0.4 is 16.4 Å². The summed E-state index contributed by atoms with van der Waals surface area (Å²) in [6.07, 6.45) is 1.98. The standard InChI is InChI=1S/C11H17N7O/c1-6(2)15-8(19)3-4-13-9-7-5-14-18-10(7)17-11(12)16-9/h5-6H,3-4H2,1-2H3,(H,15,19)(H4,12,13,14,16,17,18). The van der Waals surface area contributed by atoms with Crippen LogP contribution in [0.4, 0.5) is 11.8 Å². The molecule has 8 heteroatoms. The van der Waals surface area contributed by atoms with Crippen LogP contribution in [0.1, 0.15) is 20.3 Å². The van der Waals surface area contributed by atoms with E-state index < -0.39 is 0 Å². The maximum absolute atomic E-state index is 11.5. The van der Waals surface area contributed by atoms with Gasteiger partial charge in [-0.3, -0.25) is 9.89 Å². The predicted octanol–water partition coefficient (Wildman–Crippen LogP) is 0.262. The molecule has 0 unspecified atom stereocenters. The van der Waals surface area contributed by atoms with Gasteiger partial charge in [0.15, 0.2) is 5.65 Å². The molecule has 0 spiro atoms. The third-order valence-corrected chi connectivity index (χ3v) is 2.42. The van der Waals surface area contributed by atoms with Crippen molar-refractivity contribution in [2.75, 3.05) is 17.6 Å². The average Bonchev–Trinajstić information content (AvgIpc) is 2.75. The Balaban J connectivity index is 1.98. The van der Waals surface area contributed by atoms with Gasteiger partial charge in [0.25, 0.3) is 0 Å². The van der Waals surface area contributed by atoms with Crippen LogP contribution >= 0.6 is 0 Å². The number of amides is 1. The lowest BCUT2D eigenvalue weighted by Gasteiger charge is -2.09. The zero-order chi connectivity index (χ0) is 13.8. The van der Waals surface area contributed by atoms with Crippen LogP contribution in [-0.4, -0.2) is 38.7 Å². The summed E-state index contributed by atoms with van der Waals surface area (Å²) in [7, 11) is 0. The van der Waals surface area contributed by atoms with Crippen molar-refractivity contribution in [3.63, 3.8) is 0 Å². The third-order valence-electron chi connectivity index (χ3n) is 2.42. The van der Waals surface area contributed by atoms with Crippen molar-refractivity contribution >= 4 is 28.7 Å². The molecule has 0 bridgehead atoms. The summed E-state index contributed by atoms with van der Waals surface area (Å²) in [5.74, 6) is 0.729. The molecule has 0 aliphatic heterocycles. The fraction of sp³-hybridized carbons (Fsp3) is 0.455. The first-order chi connectivity index (χ1) is 9.06. The van der Waals surface area contributed by atoms with Gasteiger partial charge in [-0.25, -0.2) is 0 Å². The Morgan fingerprint density at radius 2 is 2.26 bits per heavy atom. The number of fused-ring (bicyclic) bond motifs is 1. The van der Waals surface area contributed by atoms with Crippen LogP contribution in [0.3, 0.4) is 0 Å². The molecule has 2 aromatic rings. The van der Waals surface area contributed by atoms with Gasteiger partial charge < -0.3 is 16.4 Å². The van der Waals surface area contributed by atoms with Crippen molar-refractivity contribution in [2.45, 2.75) is 26.3 Å². The van der Waals surface area contributed by atoms with E-state index in [-0.39, 0.29) is 17.9 Å². The van der Waals surface area contributed by atoms with Gasteiger partial charge in [-0.2, -0.15) is 15.1 Å². The molecule has 0 atom stereocenters. The molecule has 2 heterocycles. The molecule has 0 aromatic carbocycles. The summed E-state index contributed by atoms with van der Waals surface area (Å²) in [5, 5.41) is 13.2. The number of nitrogens with zero attached hydrogens (tertiary/aromatic N) is 3. The maximum Gasteiger partial charge on any atom is 0.224 e. The van der Waals surface area contributed by atoms with E-state index in [1.165, 1.54) is 0 Å². The topological polar surface area (TPSA) is 122 Å².